The number of carbonyl (C=O) groups is 1. The summed E-state index contributed by atoms with van der Waals surface area (Å²) in [6, 6.07) is 7.26. The van der Waals surface area contributed by atoms with E-state index in [9.17, 15) is 4.79 Å². The van der Waals surface area contributed by atoms with Gasteiger partial charge in [0.25, 0.3) is 11.1 Å². The topological polar surface area (TPSA) is 99.6 Å². The number of furan rings is 1. The van der Waals surface area contributed by atoms with Gasteiger partial charge in [-0.15, -0.1) is 10.2 Å². The average molecular weight is 403 g/mol. The van der Waals surface area contributed by atoms with Gasteiger partial charge in [-0.2, -0.15) is 0 Å². The fraction of sp³-hybridized carbons (Fsp3) is 0.316. The van der Waals surface area contributed by atoms with Gasteiger partial charge < -0.3 is 23.6 Å². The molecule has 3 rings (SSSR count). The van der Waals surface area contributed by atoms with Gasteiger partial charge in [0.15, 0.2) is 11.5 Å². The first-order valence-corrected chi connectivity index (χ1v) is 9.43. The number of benzene rings is 1. The van der Waals surface area contributed by atoms with Crippen LogP contribution in [0.5, 0.6) is 11.5 Å². The number of aryl methyl sites for hydroxylation is 1. The third kappa shape index (κ3) is 4.48. The summed E-state index contributed by atoms with van der Waals surface area (Å²) in [7, 11) is 3.15. The third-order valence-corrected chi connectivity index (χ3v) is 4.99. The van der Waals surface area contributed by atoms with Gasteiger partial charge in [0.05, 0.1) is 31.3 Å². The molecule has 0 radical (unpaired) electrons. The summed E-state index contributed by atoms with van der Waals surface area (Å²) >= 11 is 1.20. The summed E-state index contributed by atoms with van der Waals surface area (Å²) in [5.41, 5.74) is 1.64. The molecule has 8 nitrogen and oxygen atoms in total. The fourth-order valence-corrected chi connectivity index (χ4v) is 3.21. The van der Waals surface area contributed by atoms with Crippen LogP contribution in [-0.4, -0.2) is 35.6 Å². The number of thioether (sulfide) groups is 1. The first kappa shape index (κ1) is 19.8. The number of carbonyl (C=O) groups excluding carboxylic acids is 1. The quantitative estimate of drug-likeness (QED) is 0.571. The zero-order valence-electron chi connectivity index (χ0n) is 16.0. The van der Waals surface area contributed by atoms with Gasteiger partial charge in [0.1, 0.15) is 5.76 Å². The lowest BCUT2D eigenvalue weighted by atomic mass is 10.2. The van der Waals surface area contributed by atoms with Crippen molar-refractivity contribution in [1.82, 2.24) is 15.5 Å². The Labute approximate surface area is 166 Å². The highest BCUT2D eigenvalue weighted by molar-refractivity contribution is 8.00. The Balaban J connectivity index is 1.57. The molecule has 0 bridgehead atoms. The van der Waals surface area contributed by atoms with Crippen LogP contribution in [0.2, 0.25) is 0 Å². The summed E-state index contributed by atoms with van der Waals surface area (Å²) < 4.78 is 21.3. The van der Waals surface area contributed by atoms with Crippen LogP contribution in [0.1, 0.15) is 18.2 Å². The van der Waals surface area contributed by atoms with E-state index in [1.807, 2.05) is 19.1 Å². The fourth-order valence-electron chi connectivity index (χ4n) is 2.50. The van der Waals surface area contributed by atoms with Crippen LogP contribution in [-0.2, 0) is 11.3 Å². The molecule has 1 amide bonds. The molecule has 148 valence electrons. The van der Waals surface area contributed by atoms with Crippen LogP contribution in [0.25, 0.3) is 11.5 Å². The second-order valence-corrected chi connectivity index (χ2v) is 7.22. The number of nitrogens with one attached hydrogen (secondary N) is 1. The number of nitrogens with zero attached hydrogens (tertiary/aromatic N) is 2. The van der Waals surface area contributed by atoms with E-state index in [0.29, 0.717) is 34.9 Å². The van der Waals surface area contributed by atoms with Crippen molar-refractivity contribution in [3.05, 3.63) is 41.9 Å². The molecule has 3 aromatic rings. The Hall–Kier alpha value is -2.94. The Kier molecular flexibility index (Phi) is 6.25. The zero-order valence-corrected chi connectivity index (χ0v) is 16.8. The first-order chi connectivity index (χ1) is 13.5. The molecule has 0 aliphatic carbocycles. The molecule has 0 aliphatic rings. The van der Waals surface area contributed by atoms with Gasteiger partial charge in [0.2, 0.25) is 5.91 Å². The van der Waals surface area contributed by atoms with Crippen molar-refractivity contribution >= 4 is 17.7 Å². The molecule has 0 aliphatic heterocycles. The van der Waals surface area contributed by atoms with Crippen LogP contribution in [0.3, 0.4) is 0 Å². The van der Waals surface area contributed by atoms with Crippen LogP contribution < -0.4 is 14.8 Å². The van der Waals surface area contributed by atoms with Gasteiger partial charge in [-0.3, -0.25) is 4.79 Å². The SMILES string of the molecule is COc1ccc(CNC(=O)[C@@H](C)Sc2nnc(-c3ccoc3C)o2)cc1OC. The number of aromatic nitrogens is 2. The molecule has 2 heterocycles. The molecule has 9 heteroatoms. The summed E-state index contributed by atoms with van der Waals surface area (Å²) in [5, 5.41) is 10.8. The van der Waals surface area contributed by atoms with Crippen LogP contribution >= 0.6 is 11.8 Å². The lowest BCUT2D eigenvalue weighted by Crippen LogP contribution is -2.30. The molecule has 28 heavy (non-hydrogen) atoms. The van der Waals surface area contributed by atoms with E-state index in [2.05, 4.69) is 15.5 Å². The van der Waals surface area contributed by atoms with Crippen LogP contribution in [0.4, 0.5) is 0 Å². The molecule has 0 spiro atoms. The normalized spacial score (nSPS) is 11.9. The maximum Gasteiger partial charge on any atom is 0.277 e. The molecule has 0 saturated heterocycles. The molecular weight excluding hydrogens is 382 g/mol. The van der Waals surface area contributed by atoms with E-state index in [1.54, 1.807) is 39.5 Å². The third-order valence-electron chi connectivity index (χ3n) is 4.06. The Bertz CT molecular complexity index is 953. The predicted octanol–water partition coefficient (Wildman–Crippen LogP) is 3.45. The maximum absolute atomic E-state index is 12.4. The van der Waals surface area contributed by atoms with Gasteiger partial charge in [-0.25, -0.2) is 0 Å². The highest BCUT2D eigenvalue weighted by Gasteiger charge is 2.20. The number of ether oxygens (including phenoxy) is 2. The zero-order chi connectivity index (χ0) is 20.1. The van der Waals surface area contributed by atoms with Crippen LogP contribution in [0.15, 0.2) is 44.6 Å². The smallest absolute Gasteiger partial charge is 0.277 e. The standard InChI is InChI=1S/C19H21N3O5S/c1-11-14(7-8-26-11)18-21-22-19(27-18)28-12(2)17(23)20-10-13-5-6-15(24-3)16(9-13)25-4/h5-9,12H,10H2,1-4H3,(H,20,23)/t12-/m1/s1. The van der Waals surface area contributed by atoms with E-state index in [-0.39, 0.29) is 5.91 Å². The van der Waals surface area contributed by atoms with Gasteiger partial charge in [-0.05, 0) is 37.6 Å². The van der Waals surface area contributed by atoms with E-state index in [1.165, 1.54) is 11.8 Å². The molecule has 2 aromatic heterocycles. The van der Waals surface area contributed by atoms with E-state index < -0.39 is 5.25 Å². The molecule has 1 aromatic carbocycles. The Morgan fingerprint density at radius 1 is 1.21 bits per heavy atom. The lowest BCUT2D eigenvalue weighted by molar-refractivity contribution is -0.120. The van der Waals surface area contributed by atoms with Crippen molar-refractivity contribution in [2.24, 2.45) is 0 Å². The Morgan fingerprint density at radius 2 is 2.00 bits per heavy atom. The minimum atomic E-state index is -0.404. The van der Waals surface area contributed by atoms with Crippen molar-refractivity contribution in [3.8, 4) is 23.0 Å². The van der Waals surface area contributed by atoms with Crippen molar-refractivity contribution in [3.63, 3.8) is 0 Å². The largest absolute Gasteiger partial charge is 0.493 e. The van der Waals surface area contributed by atoms with Crippen molar-refractivity contribution < 1.29 is 23.1 Å². The average Bonchev–Trinajstić information content (AvgIpc) is 3.34. The summed E-state index contributed by atoms with van der Waals surface area (Å²) in [4.78, 5) is 12.4. The number of hydrogen-bond donors (Lipinski definition) is 1. The second kappa shape index (κ2) is 8.83. The maximum atomic E-state index is 12.4. The van der Waals surface area contributed by atoms with Crippen molar-refractivity contribution in [2.45, 2.75) is 30.9 Å². The highest BCUT2D eigenvalue weighted by atomic mass is 32.2. The summed E-state index contributed by atoms with van der Waals surface area (Å²) in [5.74, 6) is 2.18. The van der Waals surface area contributed by atoms with E-state index in [4.69, 9.17) is 18.3 Å². The minimum Gasteiger partial charge on any atom is -0.493 e. The summed E-state index contributed by atoms with van der Waals surface area (Å²) in [6.07, 6.45) is 1.56. The molecule has 0 saturated carbocycles. The van der Waals surface area contributed by atoms with E-state index >= 15 is 0 Å². The first-order valence-electron chi connectivity index (χ1n) is 8.55. The lowest BCUT2D eigenvalue weighted by Gasteiger charge is -2.12. The van der Waals surface area contributed by atoms with Gasteiger partial charge in [0, 0.05) is 6.54 Å². The minimum absolute atomic E-state index is 0.140. The second-order valence-electron chi connectivity index (χ2n) is 5.93. The van der Waals surface area contributed by atoms with Gasteiger partial charge in [-0.1, -0.05) is 17.8 Å². The predicted molar refractivity (Wildman–Crippen MR) is 103 cm³/mol. The monoisotopic (exact) mass is 403 g/mol. The molecule has 1 atom stereocenters. The molecular formula is C19H21N3O5S. The number of amides is 1. The van der Waals surface area contributed by atoms with Crippen molar-refractivity contribution in [2.75, 3.05) is 14.2 Å². The molecule has 0 unspecified atom stereocenters. The van der Waals surface area contributed by atoms with Gasteiger partial charge >= 0.3 is 0 Å². The molecule has 0 fully saturated rings. The van der Waals surface area contributed by atoms with E-state index in [0.717, 1.165) is 11.1 Å². The number of hydrogen-bond acceptors (Lipinski definition) is 8. The summed E-state index contributed by atoms with van der Waals surface area (Å²) in [6.45, 7) is 3.96. The molecule has 1 N–H and O–H groups in total. The number of methoxy groups -OCH3 is 2. The Morgan fingerprint density at radius 3 is 2.68 bits per heavy atom. The number of rotatable bonds is 8. The van der Waals surface area contributed by atoms with Crippen molar-refractivity contribution in [1.29, 1.82) is 0 Å². The van der Waals surface area contributed by atoms with Crippen LogP contribution in [0, 0.1) is 6.92 Å². The highest BCUT2D eigenvalue weighted by Crippen LogP contribution is 2.29.